The topological polar surface area (TPSA) is 53.0 Å². The summed E-state index contributed by atoms with van der Waals surface area (Å²) in [5.41, 5.74) is 2.08. The molecule has 2 aliphatic heterocycles. The highest BCUT2D eigenvalue weighted by molar-refractivity contribution is 5.75. The highest BCUT2D eigenvalue weighted by Gasteiger charge is 2.43. The molecule has 0 unspecified atom stereocenters. The third kappa shape index (κ3) is 4.64. The molecule has 0 amide bonds. The zero-order valence-electron chi connectivity index (χ0n) is 16.8. The molecule has 0 spiro atoms. The van der Waals surface area contributed by atoms with Gasteiger partial charge in [0, 0.05) is 45.1 Å². The van der Waals surface area contributed by atoms with Gasteiger partial charge in [0.2, 0.25) is 0 Å². The highest BCUT2D eigenvalue weighted by atomic mass is 16.5. The van der Waals surface area contributed by atoms with Gasteiger partial charge in [-0.2, -0.15) is 0 Å². The third-order valence-corrected chi connectivity index (χ3v) is 6.50. The lowest BCUT2D eigenvalue weighted by Crippen LogP contribution is -2.54. The van der Waals surface area contributed by atoms with Crippen LogP contribution in [0.15, 0.2) is 24.3 Å². The van der Waals surface area contributed by atoms with Crippen LogP contribution in [0.4, 0.5) is 5.69 Å². The molecule has 1 aromatic rings. The van der Waals surface area contributed by atoms with Gasteiger partial charge in [-0.1, -0.05) is 18.2 Å². The van der Waals surface area contributed by atoms with Crippen molar-refractivity contribution in [2.75, 3.05) is 44.8 Å². The number of carboxylic acid groups (broad SMARTS) is 1. The van der Waals surface area contributed by atoms with E-state index < -0.39 is 11.4 Å². The van der Waals surface area contributed by atoms with E-state index in [1.54, 1.807) is 7.11 Å². The number of anilines is 1. The Morgan fingerprint density at radius 3 is 2.67 bits per heavy atom. The first-order chi connectivity index (χ1) is 13.1. The first-order valence-electron chi connectivity index (χ1n) is 10.3. The Morgan fingerprint density at radius 2 is 2.00 bits per heavy atom. The molecule has 2 saturated heterocycles. The van der Waals surface area contributed by atoms with Gasteiger partial charge in [0.1, 0.15) is 0 Å². The van der Waals surface area contributed by atoms with E-state index >= 15 is 0 Å². The van der Waals surface area contributed by atoms with E-state index in [1.807, 2.05) is 0 Å². The molecule has 0 aliphatic carbocycles. The molecule has 5 heteroatoms. The van der Waals surface area contributed by atoms with Gasteiger partial charge in [-0.25, -0.2) is 0 Å². The Bertz CT molecular complexity index is 628. The normalized spacial score (nSPS) is 24.9. The Kier molecular flexibility index (Phi) is 6.77. The van der Waals surface area contributed by atoms with Gasteiger partial charge in [0.25, 0.3) is 0 Å². The van der Waals surface area contributed by atoms with Crippen LogP contribution in [-0.2, 0) is 9.53 Å². The lowest BCUT2D eigenvalue weighted by molar-refractivity contribution is -0.154. The average molecular weight is 375 g/mol. The van der Waals surface area contributed by atoms with Crippen LogP contribution >= 0.6 is 0 Å². The predicted molar refractivity (Wildman–Crippen MR) is 108 cm³/mol. The second-order valence-electron chi connectivity index (χ2n) is 8.26. The molecule has 0 radical (unpaired) electrons. The summed E-state index contributed by atoms with van der Waals surface area (Å²) in [6.07, 6.45) is 5.54. The minimum atomic E-state index is -0.624. The zero-order chi connectivity index (χ0) is 19.3. The van der Waals surface area contributed by atoms with Crippen LogP contribution in [0, 0.1) is 12.3 Å². The summed E-state index contributed by atoms with van der Waals surface area (Å²) in [7, 11) is 1.68. The number of piperidine rings is 2. The van der Waals surface area contributed by atoms with Gasteiger partial charge in [-0.05, 0) is 63.6 Å². The Balaban J connectivity index is 1.60. The van der Waals surface area contributed by atoms with Crippen molar-refractivity contribution in [1.82, 2.24) is 4.90 Å². The van der Waals surface area contributed by atoms with Crippen molar-refractivity contribution >= 4 is 11.7 Å². The largest absolute Gasteiger partial charge is 0.481 e. The maximum absolute atomic E-state index is 12.1. The molecule has 27 heavy (non-hydrogen) atoms. The fourth-order valence-corrected chi connectivity index (χ4v) is 4.91. The number of aryl methyl sites for hydroxylation is 1. The molecule has 1 aromatic carbocycles. The molecule has 0 aromatic heterocycles. The van der Waals surface area contributed by atoms with Crippen LogP contribution in [0.3, 0.4) is 0 Å². The number of nitrogens with zero attached hydrogens (tertiary/aromatic N) is 2. The maximum atomic E-state index is 12.1. The van der Waals surface area contributed by atoms with Gasteiger partial charge in [-0.15, -0.1) is 0 Å². The molecule has 2 aliphatic rings. The van der Waals surface area contributed by atoms with Gasteiger partial charge in [0.05, 0.1) is 5.41 Å². The zero-order valence-corrected chi connectivity index (χ0v) is 16.8. The van der Waals surface area contributed by atoms with E-state index in [2.05, 4.69) is 41.0 Å². The summed E-state index contributed by atoms with van der Waals surface area (Å²) in [5.74, 6) is -0.624. The molecule has 0 saturated carbocycles. The van der Waals surface area contributed by atoms with Crippen LogP contribution in [-0.4, -0.2) is 61.9 Å². The number of hydrogen-bond donors (Lipinski definition) is 1. The molecule has 1 atom stereocenters. The van der Waals surface area contributed by atoms with E-state index in [-0.39, 0.29) is 0 Å². The Hall–Kier alpha value is -1.59. The first-order valence-corrected chi connectivity index (χ1v) is 10.3. The van der Waals surface area contributed by atoms with Crippen molar-refractivity contribution in [3.05, 3.63) is 29.8 Å². The number of likely N-dealkylation sites (tertiary alicyclic amines) is 1. The average Bonchev–Trinajstić information content (AvgIpc) is 2.69. The summed E-state index contributed by atoms with van der Waals surface area (Å²) < 4.78 is 5.15. The minimum absolute atomic E-state index is 0.506. The summed E-state index contributed by atoms with van der Waals surface area (Å²) in [6, 6.07) is 9.09. The fraction of sp³-hybridized carbons (Fsp3) is 0.682. The quantitative estimate of drug-likeness (QED) is 0.740. The Morgan fingerprint density at radius 1 is 1.26 bits per heavy atom. The fourth-order valence-electron chi connectivity index (χ4n) is 4.91. The van der Waals surface area contributed by atoms with Crippen molar-refractivity contribution in [3.8, 4) is 0 Å². The number of carboxylic acids is 1. The van der Waals surface area contributed by atoms with Crippen molar-refractivity contribution in [2.24, 2.45) is 5.41 Å². The second kappa shape index (κ2) is 9.07. The molecule has 3 rings (SSSR count). The lowest BCUT2D eigenvalue weighted by Gasteiger charge is -2.46. The van der Waals surface area contributed by atoms with Crippen LogP contribution in [0.2, 0.25) is 0 Å². The second-order valence-corrected chi connectivity index (χ2v) is 8.26. The van der Waals surface area contributed by atoms with Crippen LogP contribution in [0.5, 0.6) is 0 Å². The highest BCUT2D eigenvalue weighted by Crippen LogP contribution is 2.37. The van der Waals surface area contributed by atoms with Gasteiger partial charge in [-0.3, -0.25) is 9.69 Å². The van der Waals surface area contributed by atoms with E-state index in [1.165, 1.54) is 11.3 Å². The van der Waals surface area contributed by atoms with E-state index in [0.29, 0.717) is 25.6 Å². The minimum Gasteiger partial charge on any atom is -0.481 e. The molecule has 2 fully saturated rings. The van der Waals surface area contributed by atoms with Crippen LogP contribution in [0.25, 0.3) is 0 Å². The predicted octanol–water partition coefficient (Wildman–Crippen LogP) is 3.56. The van der Waals surface area contributed by atoms with Gasteiger partial charge in [0.15, 0.2) is 0 Å². The molecule has 5 nitrogen and oxygen atoms in total. The number of benzene rings is 1. The standard InChI is InChI=1S/C22H34N2O3/c1-18-7-3-4-8-20(18)23-14-9-19(10-15-23)24-13-5-11-22(17-24,21(25)26)12-6-16-27-2/h3-4,7-8,19H,5-6,9-17H2,1-2H3,(H,25,26)/t22-/m0/s1. The molecule has 2 heterocycles. The molecule has 150 valence electrons. The third-order valence-electron chi connectivity index (χ3n) is 6.50. The van der Waals surface area contributed by atoms with E-state index in [0.717, 1.165) is 51.7 Å². The number of rotatable bonds is 7. The number of carbonyl (C=O) groups is 1. The summed E-state index contributed by atoms with van der Waals surface area (Å²) in [4.78, 5) is 17.1. The van der Waals surface area contributed by atoms with Crippen molar-refractivity contribution in [2.45, 2.75) is 51.5 Å². The monoisotopic (exact) mass is 374 g/mol. The number of ether oxygens (including phenoxy) is 1. The lowest BCUT2D eigenvalue weighted by atomic mass is 9.75. The summed E-state index contributed by atoms with van der Waals surface area (Å²) in [6.45, 7) is 6.65. The van der Waals surface area contributed by atoms with Crippen LogP contribution in [0.1, 0.15) is 44.1 Å². The van der Waals surface area contributed by atoms with E-state index in [4.69, 9.17) is 4.74 Å². The Labute approximate surface area is 163 Å². The van der Waals surface area contributed by atoms with Gasteiger partial charge >= 0.3 is 5.97 Å². The van der Waals surface area contributed by atoms with Crippen molar-refractivity contribution in [1.29, 1.82) is 0 Å². The maximum Gasteiger partial charge on any atom is 0.310 e. The first kappa shape index (κ1) is 20.2. The number of hydrogen-bond acceptors (Lipinski definition) is 4. The molecule has 0 bridgehead atoms. The molecular formula is C22H34N2O3. The summed E-state index contributed by atoms with van der Waals surface area (Å²) in [5, 5.41) is 9.95. The van der Waals surface area contributed by atoms with Crippen molar-refractivity contribution < 1.29 is 14.6 Å². The molecular weight excluding hydrogens is 340 g/mol. The van der Waals surface area contributed by atoms with E-state index in [9.17, 15) is 9.90 Å². The van der Waals surface area contributed by atoms with Crippen molar-refractivity contribution in [3.63, 3.8) is 0 Å². The van der Waals surface area contributed by atoms with Crippen LogP contribution < -0.4 is 4.90 Å². The summed E-state index contributed by atoms with van der Waals surface area (Å²) >= 11 is 0. The number of aliphatic carboxylic acids is 1. The SMILES string of the molecule is COCCC[C@@]1(C(=O)O)CCCN(C2CCN(c3ccccc3C)CC2)C1. The smallest absolute Gasteiger partial charge is 0.310 e. The number of methoxy groups -OCH3 is 1. The number of para-hydroxylation sites is 1. The van der Waals surface area contributed by atoms with Gasteiger partial charge < -0.3 is 14.7 Å². The molecule has 1 N–H and O–H groups in total.